The molecule has 1 unspecified atom stereocenters. The molecule has 0 spiro atoms. The van der Waals surface area contributed by atoms with Crippen molar-refractivity contribution < 1.29 is 9.53 Å². The van der Waals surface area contributed by atoms with Crippen LogP contribution in [0.4, 0.5) is 11.4 Å². The summed E-state index contributed by atoms with van der Waals surface area (Å²) in [6.07, 6.45) is 2.54. The van der Waals surface area contributed by atoms with Crippen LogP contribution >= 0.6 is 0 Å². The summed E-state index contributed by atoms with van der Waals surface area (Å²) in [6, 6.07) is 8.14. The monoisotopic (exact) mass is 248 g/mol. The van der Waals surface area contributed by atoms with Gasteiger partial charge in [-0.25, -0.2) is 0 Å². The topological polar surface area (TPSA) is 50.4 Å². The molecule has 0 bridgehead atoms. The van der Waals surface area contributed by atoms with Gasteiger partial charge < -0.3 is 15.4 Å². The number of nitrogens with one attached hydrogen (secondary N) is 2. The van der Waals surface area contributed by atoms with Crippen LogP contribution in [0, 0.1) is 5.92 Å². The average Bonchev–Trinajstić information content (AvgIpc) is 3.12. The highest BCUT2D eigenvalue weighted by Gasteiger charge is 2.31. The average molecular weight is 248 g/mol. The van der Waals surface area contributed by atoms with Crippen LogP contribution in [0.1, 0.15) is 19.8 Å². The highest BCUT2D eigenvalue weighted by molar-refractivity contribution is 5.89. The van der Waals surface area contributed by atoms with Gasteiger partial charge in [-0.15, -0.1) is 0 Å². The van der Waals surface area contributed by atoms with E-state index in [0.717, 1.165) is 23.9 Å². The number of benzene rings is 1. The van der Waals surface area contributed by atoms with E-state index in [9.17, 15) is 4.79 Å². The van der Waals surface area contributed by atoms with Crippen LogP contribution in [0.15, 0.2) is 24.3 Å². The fourth-order valence-electron chi connectivity index (χ4n) is 2.08. The highest BCUT2D eigenvalue weighted by atomic mass is 16.5. The minimum Gasteiger partial charge on any atom is -0.383 e. The predicted molar refractivity (Wildman–Crippen MR) is 72.8 cm³/mol. The van der Waals surface area contributed by atoms with Gasteiger partial charge in [0.25, 0.3) is 0 Å². The molecule has 2 N–H and O–H groups in total. The van der Waals surface area contributed by atoms with Gasteiger partial charge in [0.05, 0.1) is 12.6 Å². The van der Waals surface area contributed by atoms with Gasteiger partial charge in [-0.3, -0.25) is 4.79 Å². The smallest absolute Gasteiger partial charge is 0.221 e. The molecule has 4 heteroatoms. The number of amides is 1. The number of ether oxygens (including phenoxy) is 1. The molecule has 0 saturated heterocycles. The Morgan fingerprint density at radius 3 is 2.78 bits per heavy atom. The van der Waals surface area contributed by atoms with E-state index in [1.165, 1.54) is 19.8 Å². The molecule has 0 aromatic heterocycles. The van der Waals surface area contributed by atoms with Crippen molar-refractivity contribution in [2.45, 2.75) is 25.8 Å². The number of carbonyl (C=O) groups excluding carboxylic acids is 1. The second-order valence-electron chi connectivity index (χ2n) is 4.81. The van der Waals surface area contributed by atoms with Crippen molar-refractivity contribution in [1.82, 2.24) is 0 Å². The summed E-state index contributed by atoms with van der Waals surface area (Å²) in [5.41, 5.74) is 1.84. The van der Waals surface area contributed by atoms with Crippen LogP contribution in [0.5, 0.6) is 0 Å². The van der Waals surface area contributed by atoms with Crippen molar-refractivity contribution in [2.24, 2.45) is 5.92 Å². The van der Waals surface area contributed by atoms with Gasteiger partial charge in [0.15, 0.2) is 0 Å². The summed E-state index contributed by atoms with van der Waals surface area (Å²) < 4.78 is 5.24. The molecule has 1 fully saturated rings. The second-order valence-corrected chi connectivity index (χ2v) is 4.81. The van der Waals surface area contributed by atoms with E-state index in [4.69, 9.17) is 4.74 Å². The summed E-state index contributed by atoms with van der Waals surface area (Å²) >= 11 is 0. The minimum absolute atomic E-state index is 0.0530. The Kier molecular flexibility index (Phi) is 4.20. The van der Waals surface area contributed by atoms with E-state index < -0.39 is 0 Å². The Labute approximate surface area is 108 Å². The maximum absolute atomic E-state index is 11.0. The van der Waals surface area contributed by atoms with Crippen molar-refractivity contribution in [2.75, 3.05) is 24.4 Å². The normalized spacial score (nSPS) is 16.1. The van der Waals surface area contributed by atoms with Gasteiger partial charge in [-0.1, -0.05) is 6.07 Å². The Bertz CT molecular complexity index is 416. The lowest BCUT2D eigenvalue weighted by molar-refractivity contribution is -0.114. The lowest BCUT2D eigenvalue weighted by Crippen LogP contribution is -2.27. The van der Waals surface area contributed by atoms with E-state index in [-0.39, 0.29) is 5.91 Å². The standard InChI is InChI=1S/C14H20N2O2/c1-10(17)15-12-4-3-5-13(8-12)16-14(9-18-2)11-6-7-11/h3-5,8,11,14,16H,6-7,9H2,1-2H3,(H,15,17). The van der Waals surface area contributed by atoms with Crippen LogP contribution < -0.4 is 10.6 Å². The molecule has 98 valence electrons. The fraction of sp³-hybridized carbons (Fsp3) is 0.500. The zero-order valence-corrected chi connectivity index (χ0v) is 10.9. The first-order chi connectivity index (χ1) is 8.69. The van der Waals surface area contributed by atoms with Gasteiger partial charge in [0.2, 0.25) is 5.91 Å². The summed E-state index contributed by atoms with van der Waals surface area (Å²) in [4.78, 5) is 11.0. The van der Waals surface area contributed by atoms with Crippen molar-refractivity contribution in [3.63, 3.8) is 0 Å². The molecule has 0 radical (unpaired) electrons. The Morgan fingerprint density at radius 1 is 1.44 bits per heavy atom. The molecule has 1 amide bonds. The van der Waals surface area contributed by atoms with Crippen LogP contribution in [-0.2, 0) is 9.53 Å². The molecule has 0 heterocycles. The summed E-state index contributed by atoms with van der Waals surface area (Å²) in [5, 5.41) is 6.26. The molecule has 1 aliphatic carbocycles. The summed E-state index contributed by atoms with van der Waals surface area (Å²) in [7, 11) is 1.73. The molecule has 2 rings (SSSR count). The largest absolute Gasteiger partial charge is 0.383 e. The van der Waals surface area contributed by atoms with E-state index in [0.29, 0.717) is 6.04 Å². The Balaban J connectivity index is 2.00. The lowest BCUT2D eigenvalue weighted by atomic mass is 10.2. The maximum atomic E-state index is 11.0. The van der Waals surface area contributed by atoms with Gasteiger partial charge in [0, 0.05) is 25.4 Å². The zero-order valence-electron chi connectivity index (χ0n) is 10.9. The van der Waals surface area contributed by atoms with Gasteiger partial charge in [-0.05, 0) is 37.0 Å². The van der Waals surface area contributed by atoms with Crippen LogP contribution in [0.2, 0.25) is 0 Å². The maximum Gasteiger partial charge on any atom is 0.221 e. The number of methoxy groups -OCH3 is 1. The van der Waals surface area contributed by atoms with Gasteiger partial charge in [0.1, 0.15) is 0 Å². The predicted octanol–water partition coefficient (Wildman–Crippen LogP) is 2.48. The quantitative estimate of drug-likeness (QED) is 0.813. The van der Waals surface area contributed by atoms with Crippen molar-refractivity contribution in [3.05, 3.63) is 24.3 Å². The number of carbonyl (C=O) groups is 1. The molecule has 4 nitrogen and oxygen atoms in total. The third kappa shape index (κ3) is 3.74. The lowest BCUT2D eigenvalue weighted by Gasteiger charge is -2.19. The molecule has 0 aliphatic heterocycles. The molecular formula is C14H20N2O2. The first-order valence-electron chi connectivity index (χ1n) is 6.32. The van der Waals surface area contributed by atoms with Crippen molar-refractivity contribution in [3.8, 4) is 0 Å². The van der Waals surface area contributed by atoms with Gasteiger partial charge >= 0.3 is 0 Å². The number of anilines is 2. The molecule has 1 aliphatic rings. The molecule has 1 atom stereocenters. The molecule has 1 aromatic rings. The summed E-state index contributed by atoms with van der Waals surface area (Å²) in [5.74, 6) is 0.664. The highest BCUT2D eigenvalue weighted by Crippen LogP contribution is 2.34. The Morgan fingerprint density at radius 2 is 2.17 bits per heavy atom. The van der Waals surface area contributed by atoms with Crippen molar-refractivity contribution in [1.29, 1.82) is 0 Å². The number of rotatable bonds is 6. The SMILES string of the molecule is COCC(Nc1cccc(NC(C)=O)c1)C1CC1. The van der Waals surface area contributed by atoms with Crippen LogP contribution in [0.25, 0.3) is 0 Å². The fourth-order valence-corrected chi connectivity index (χ4v) is 2.08. The Hall–Kier alpha value is -1.55. The zero-order chi connectivity index (χ0) is 13.0. The molecule has 1 aromatic carbocycles. The van der Waals surface area contributed by atoms with E-state index in [1.54, 1.807) is 7.11 Å². The molecule has 1 saturated carbocycles. The first-order valence-corrected chi connectivity index (χ1v) is 6.32. The molecular weight excluding hydrogens is 228 g/mol. The first kappa shape index (κ1) is 12.9. The van der Waals surface area contributed by atoms with Crippen LogP contribution in [0.3, 0.4) is 0 Å². The second kappa shape index (κ2) is 5.87. The third-order valence-corrected chi connectivity index (χ3v) is 3.07. The van der Waals surface area contributed by atoms with Crippen molar-refractivity contribution >= 4 is 17.3 Å². The minimum atomic E-state index is -0.0530. The van der Waals surface area contributed by atoms with Crippen LogP contribution in [-0.4, -0.2) is 25.7 Å². The van der Waals surface area contributed by atoms with Gasteiger partial charge in [-0.2, -0.15) is 0 Å². The number of hydrogen-bond donors (Lipinski definition) is 2. The van der Waals surface area contributed by atoms with E-state index in [1.807, 2.05) is 24.3 Å². The third-order valence-electron chi connectivity index (χ3n) is 3.07. The number of hydrogen-bond acceptors (Lipinski definition) is 3. The van der Waals surface area contributed by atoms with E-state index >= 15 is 0 Å². The molecule has 18 heavy (non-hydrogen) atoms. The van der Waals surface area contributed by atoms with E-state index in [2.05, 4.69) is 10.6 Å². The summed E-state index contributed by atoms with van der Waals surface area (Å²) in [6.45, 7) is 2.23.